The van der Waals surface area contributed by atoms with Gasteiger partial charge >= 0.3 is 0 Å². The molecule has 0 aliphatic heterocycles. The maximum absolute atomic E-state index is 12.2. The quantitative estimate of drug-likeness (QED) is 0.898. The molecule has 2 rings (SSSR count). The minimum absolute atomic E-state index is 0. The zero-order chi connectivity index (χ0) is 13.7. The van der Waals surface area contributed by atoms with Gasteiger partial charge in [-0.15, -0.1) is 12.4 Å². The first-order valence-corrected chi connectivity index (χ1v) is 7.18. The Morgan fingerprint density at radius 2 is 2.10 bits per heavy atom. The van der Waals surface area contributed by atoms with E-state index in [1.807, 2.05) is 0 Å². The molecule has 1 fully saturated rings. The van der Waals surface area contributed by atoms with Gasteiger partial charge in [0.1, 0.15) is 0 Å². The van der Waals surface area contributed by atoms with Gasteiger partial charge in [0.05, 0.1) is 5.69 Å². The summed E-state index contributed by atoms with van der Waals surface area (Å²) in [5.74, 6) is 0.843. The van der Waals surface area contributed by atoms with Crippen molar-refractivity contribution in [3.8, 4) is 0 Å². The van der Waals surface area contributed by atoms with Crippen LogP contribution in [0, 0.1) is 5.92 Å². The van der Waals surface area contributed by atoms with Gasteiger partial charge in [-0.3, -0.25) is 9.78 Å². The molecule has 0 radical (unpaired) electrons. The number of hydrogen-bond donors (Lipinski definition) is 2. The summed E-state index contributed by atoms with van der Waals surface area (Å²) in [5, 5.41) is 3.12. The lowest BCUT2D eigenvalue weighted by molar-refractivity contribution is 0.0921. The van der Waals surface area contributed by atoms with Crippen LogP contribution in [0.3, 0.4) is 0 Å². The number of nitrogens with one attached hydrogen (secondary N) is 1. The number of nitrogens with zero attached hydrogens (tertiary/aromatic N) is 1. The average molecular weight is 298 g/mol. The van der Waals surface area contributed by atoms with Gasteiger partial charge in [0.2, 0.25) is 0 Å². The number of carbonyl (C=O) groups is 1. The minimum atomic E-state index is -0.00273. The molecule has 1 aliphatic rings. The average Bonchev–Trinajstić information content (AvgIpc) is 2.48. The number of amides is 1. The van der Waals surface area contributed by atoms with Gasteiger partial charge in [-0.2, -0.15) is 0 Å². The van der Waals surface area contributed by atoms with Gasteiger partial charge in [-0.25, -0.2) is 0 Å². The fourth-order valence-corrected chi connectivity index (χ4v) is 2.71. The van der Waals surface area contributed by atoms with E-state index in [4.69, 9.17) is 5.73 Å². The topological polar surface area (TPSA) is 68.0 Å². The Hall–Kier alpha value is -1.13. The van der Waals surface area contributed by atoms with Crippen LogP contribution in [-0.4, -0.2) is 16.9 Å². The molecule has 1 saturated carbocycles. The van der Waals surface area contributed by atoms with E-state index in [-0.39, 0.29) is 18.3 Å². The molecule has 0 aromatic carbocycles. The molecule has 5 heteroatoms. The normalized spacial score (nSPS) is 21.9. The van der Waals surface area contributed by atoms with Crippen molar-refractivity contribution in [3.05, 3.63) is 29.6 Å². The lowest BCUT2D eigenvalue weighted by Crippen LogP contribution is -2.37. The first-order chi connectivity index (χ1) is 9.22. The van der Waals surface area contributed by atoms with E-state index in [1.165, 1.54) is 19.3 Å². The summed E-state index contributed by atoms with van der Waals surface area (Å²) in [7, 11) is 0. The summed E-state index contributed by atoms with van der Waals surface area (Å²) in [5.41, 5.74) is 6.95. The van der Waals surface area contributed by atoms with Crippen molar-refractivity contribution >= 4 is 18.3 Å². The molecule has 112 valence electrons. The van der Waals surface area contributed by atoms with E-state index in [0.717, 1.165) is 24.5 Å². The summed E-state index contributed by atoms with van der Waals surface area (Å²) in [6.07, 6.45) is 7.55. The lowest BCUT2D eigenvalue weighted by Gasteiger charge is -2.28. The maximum atomic E-state index is 12.2. The summed E-state index contributed by atoms with van der Waals surface area (Å²) < 4.78 is 0. The largest absolute Gasteiger partial charge is 0.349 e. The van der Waals surface area contributed by atoms with Crippen molar-refractivity contribution in [1.82, 2.24) is 10.3 Å². The van der Waals surface area contributed by atoms with Gasteiger partial charge in [-0.1, -0.05) is 13.3 Å². The maximum Gasteiger partial charge on any atom is 0.251 e. The number of halogens is 1. The van der Waals surface area contributed by atoms with Crippen LogP contribution in [0.5, 0.6) is 0 Å². The van der Waals surface area contributed by atoms with Crippen LogP contribution in [0.4, 0.5) is 0 Å². The highest BCUT2D eigenvalue weighted by Crippen LogP contribution is 2.26. The van der Waals surface area contributed by atoms with Crippen molar-refractivity contribution in [2.24, 2.45) is 11.7 Å². The lowest BCUT2D eigenvalue weighted by atomic mass is 9.84. The molecule has 20 heavy (non-hydrogen) atoms. The van der Waals surface area contributed by atoms with E-state index in [1.54, 1.807) is 18.3 Å². The fourth-order valence-electron chi connectivity index (χ4n) is 2.71. The van der Waals surface area contributed by atoms with Crippen molar-refractivity contribution in [1.29, 1.82) is 0 Å². The number of aromatic nitrogens is 1. The Kier molecular flexibility index (Phi) is 6.96. The van der Waals surface area contributed by atoms with Gasteiger partial charge < -0.3 is 11.1 Å². The number of nitrogens with two attached hydrogens (primary N) is 1. The van der Waals surface area contributed by atoms with Crippen LogP contribution in [0.2, 0.25) is 0 Å². The summed E-state index contributed by atoms with van der Waals surface area (Å²) >= 11 is 0. The number of pyridine rings is 1. The molecular formula is C15H24ClN3O. The molecule has 1 amide bonds. The highest BCUT2D eigenvalue weighted by Gasteiger charge is 2.21. The van der Waals surface area contributed by atoms with E-state index in [2.05, 4.69) is 17.2 Å². The van der Waals surface area contributed by atoms with E-state index in [9.17, 15) is 4.79 Å². The molecule has 1 heterocycles. The molecule has 1 aromatic rings. The van der Waals surface area contributed by atoms with Crippen molar-refractivity contribution in [3.63, 3.8) is 0 Å². The zero-order valence-electron chi connectivity index (χ0n) is 12.0. The van der Waals surface area contributed by atoms with Gasteiger partial charge in [0.15, 0.2) is 0 Å². The minimum Gasteiger partial charge on any atom is -0.349 e. The molecule has 1 aromatic heterocycles. The number of rotatable bonds is 4. The molecule has 4 nitrogen and oxygen atoms in total. The second-order valence-electron chi connectivity index (χ2n) is 5.34. The molecule has 3 N–H and O–H groups in total. The third kappa shape index (κ3) is 4.46. The number of carbonyl (C=O) groups excluding carboxylic acids is 1. The molecule has 0 bridgehead atoms. The Morgan fingerprint density at radius 3 is 2.70 bits per heavy atom. The predicted molar refractivity (Wildman–Crippen MR) is 82.9 cm³/mol. The van der Waals surface area contributed by atoms with E-state index < -0.39 is 0 Å². The van der Waals surface area contributed by atoms with E-state index in [0.29, 0.717) is 18.2 Å². The van der Waals surface area contributed by atoms with Crippen molar-refractivity contribution in [2.75, 3.05) is 0 Å². The summed E-state index contributed by atoms with van der Waals surface area (Å²) in [6, 6.07) is 3.84. The number of hydrogen-bond acceptors (Lipinski definition) is 3. The summed E-state index contributed by atoms with van der Waals surface area (Å²) in [4.78, 5) is 16.3. The monoisotopic (exact) mass is 297 g/mol. The van der Waals surface area contributed by atoms with Crippen molar-refractivity contribution < 1.29 is 4.79 Å². The Labute approximate surface area is 126 Å². The van der Waals surface area contributed by atoms with Crippen LogP contribution in [0.15, 0.2) is 18.3 Å². The third-order valence-electron chi connectivity index (χ3n) is 4.05. The van der Waals surface area contributed by atoms with Crippen molar-refractivity contribution in [2.45, 2.75) is 51.6 Å². The van der Waals surface area contributed by atoms with E-state index >= 15 is 0 Å². The Morgan fingerprint density at radius 1 is 1.40 bits per heavy atom. The smallest absolute Gasteiger partial charge is 0.251 e. The second-order valence-corrected chi connectivity index (χ2v) is 5.34. The zero-order valence-corrected chi connectivity index (χ0v) is 12.8. The molecule has 0 unspecified atom stereocenters. The van der Waals surface area contributed by atoms with Crippen LogP contribution >= 0.6 is 12.4 Å². The van der Waals surface area contributed by atoms with Gasteiger partial charge in [0, 0.05) is 24.3 Å². The molecule has 0 atom stereocenters. The first-order valence-electron chi connectivity index (χ1n) is 7.18. The second kappa shape index (κ2) is 8.22. The van der Waals surface area contributed by atoms with Crippen LogP contribution in [0.25, 0.3) is 0 Å². The highest BCUT2D eigenvalue weighted by molar-refractivity contribution is 5.94. The Balaban J connectivity index is 0.00000200. The predicted octanol–water partition coefficient (Wildman–Crippen LogP) is 2.66. The summed E-state index contributed by atoms with van der Waals surface area (Å²) in [6.45, 7) is 2.61. The fraction of sp³-hybridized carbons (Fsp3) is 0.600. The molecular weight excluding hydrogens is 274 g/mol. The van der Waals surface area contributed by atoms with Gasteiger partial charge in [-0.05, 0) is 43.7 Å². The first kappa shape index (κ1) is 16.9. The Bertz CT molecular complexity index is 431. The third-order valence-corrected chi connectivity index (χ3v) is 4.05. The highest BCUT2D eigenvalue weighted by atomic mass is 35.5. The van der Waals surface area contributed by atoms with Gasteiger partial charge in [0.25, 0.3) is 5.91 Å². The standard InChI is InChI=1S/C15H23N3O.ClH/c1-2-11-3-5-13(6-4-11)18-15(19)12-7-8-17-14(9-12)10-16;/h7-9,11,13H,2-6,10,16H2,1H3,(H,18,19);1H. The molecule has 1 aliphatic carbocycles. The van der Waals surface area contributed by atoms with Crippen LogP contribution in [0.1, 0.15) is 55.1 Å². The van der Waals surface area contributed by atoms with Crippen LogP contribution in [-0.2, 0) is 6.54 Å². The SMILES string of the molecule is CCC1CCC(NC(=O)c2ccnc(CN)c2)CC1.Cl. The molecule has 0 saturated heterocycles. The molecule has 0 spiro atoms. The van der Waals surface area contributed by atoms with Crippen LogP contribution < -0.4 is 11.1 Å².